The molecule has 0 unspecified atom stereocenters. The summed E-state index contributed by atoms with van der Waals surface area (Å²) in [7, 11) is 0. The van der Waals surface area contributed by atoms with Crippen molar-refractivity contribution in [1.29, 1.82) is 0 Å². The Bertz CT molecular complexity index is 165. The number of rotatable bonds is 11. The first-order valence-corrected chi connectivity index (χ1v) is 7.76. The van der Waals surface area contributed by atoms with Gasteiger partial charge >= 0.3 is 5.11 Å². The third kappa shape index (κ3) is 14.0. The monoisotopic (exact) mass is 245 g/mol. The molecular weight excluding hydrogens is 216 g/mol. The van der Waals surface area contributed by atoms with E-state index in [4.69, 9.17) is 11.5 Å². The van der Waals surface area contributed by atoms with Crippen LogP contribution in [0.5, 0.6) is 0 Å². The second kappa shape index (κ2) is 13.1. The topological polar surface area (TPSA) is 52.0 Å². The van der Waals surface area contributed by atoms with Crippen LogP contribution < -0.4 is 11.5 Å². The van der Waals surface area contributed by atoms with Gasteiger partial charge in [0.1, 0.15) is 0 Å². The molecule has 0 aromatic heterocycles. The van der Waals surface area contributed by atoms with Crippen LogP contribution in [-0.2, 0) is 11.4 Å². The fourth-order valence-electron chi connectivity index (χ4n) is 1.78. The molecule has 0 atom stereocenters. The zero-order valence-corrected chi connectivity index (χ0v) is 11.7. The summed E-state index contributed by atoms with van der Waals surface area (Å²) in [6.07, 6.45) is 13.8. The van der Waals surface area contributed by atoms with Crippen LogP contribution in [0.25, 0.3) is 0 Å². The average Bonchev–Trinajstić information content (AvgIpc) is 2.25. The zero-order valence-electron chi connectivity index (χ0n) is 10.8. The van der Waals surface area contributed by atoms with Crippen LogP contribution in [0.15, 0.2) is 0 Å². The van der Waals surface area contributed by atoms with Crippen LogP contribution in [0.4, 0.5) is 0 Å². The molecule has 3 heteroatoms. The predicted octanol–water partition coefficient (Wildman–Crippen LogP) is 2.99. The SMILES string of the molecule is CCCCCCCCCCCC[S+]=C(N)N. The van der Waals surface area contributed by atoms with Gasteiger partial charge in [-0.05, 0) is 6.42 Å². The van der Waals surface area contributed by atoms with E-state index in [0.717, 1.165) is 5.75 Å². The Morgan fingerprint density at radius 3 is 1.62 bits per heavy atom. The maximum absolute atomic E-state index is 5.37. The quantitative estimate of drug-likeness (QED) is 0.334. The van der Waals surface area contributed by atoms with Gasteiger partial charge < -0.3 is 0 Å². The van der Waals surface area contributed by atoms with Crippen molar-refractivity contribution in [1.82, 2.24) is 0 Å². The van der Waals surface area contributed by atoms with Crippen molar-refractivity contribution in [3.63, 3.8) is 0 Å². The standard InChI is InChI=1S/C13H29N2S/c1-2-3-4-5-6-7-8-9-10-11-12-16-13(14)15/h2-12,14-15H2,1H3/q+1. The van der Waals surface area contributed by atoms with Crippen LogP contribution in [0.1, 0.15) is 71.1 Å². The minimum absolute atomic E-state index is 0.510. The molecule has 0 fully saturated rings. The molecular formula is C13H29N2S+. The normalized spacial score (nSPS) is 10.4. The Hall–Kier alpha value is 0.0100. The lowest BCUT2D eigenvalue weighted by molar-refractivity contribution is 0.563. The summed E-state index contributed by atoms with van der Waals surface area (Å²) < 4.78 is 0. The average molecular weight is 245 g/mol. The molecule has 0 saturated heterocycles. The van der Waals surface area contributed by atoms with E-state index in [-0.39, 0.29) is 0 Å². The van der Waals surface area contributed by atoms with Gasteiger partial charge in [0.05, 0.1) is 0 Å². The van der Waals surface area contributed by atoms with Gasteiger partial charge in [-0.15, -0.1) is 0 Å². The van der Waals surface area contributed by atoms with Crippen LogP contribution in [0, 0.1) is 0 Å². The Kier molecular flexibility index (Phi) is 13.1. The highest BCUT2D eigenvalue weighted by Crippen LogP contribution is 2.10. The van der Waals surface area contributed by atoms with E-state index in [1.54, 1.807) is 11.4 Å². The molecule has 0 aliphatic heterocycles. The second-order valence-electron chi connectivity index (χ2n) is 4.43. The molecule has 2 nitrogen and oxygen atoms in total. The van der Waals surface area contributed by atoms with E-state index in [1.165, 1.54) is 64.2 Å². The van der Waals surface area contributed by atoms with Crippen LogP contribution in [-0.4, -0.2) is 10.9 Å². The molecule has 96 valence electrons. The second-order valence-corrected chi connectivity index (χ2v) is 5.60. The van der Waals surface area contributed by atoms with Gasteiger partial charge in [0, 0.05) is 6.42 Å². The number of nitrogens with two attached hydrogens (primary N) is 2. The van der Waals surface area contributed by atoms with E-state index in [1.807, 2.05) is 0 Å². The molecule has 4 N–H and O–H groups in total. The van der Waals surface area contributed by atoms with Crippen LogP contribution >= 0.6 is 0 Å². The summed E-state index contributed by atoms with van der Waals surface area (Å²) in [4.78, 5) is 0. The molecule has 0 spiro atoms. The molecule has 0 aromatic rings. The maximum atomic E-state index is 5.37. The summed E-state index contributed by atoms with van der Waals surface area (Å²) in [6.45, 7) is 2.27. The smallest absolute Gasteiger partial charge is 0.243 e. The van der Waals surface area contributed by atoms with Gasteiger partial charge in [0.2, 0.25) is 11.4 Å². The fraction of sp³-hybridized carbons (Fsp3) is 0.923. The van der Waals surface area contributed by atoms with Crippen molar-refractivity contribution < 1.29 is 0 Å². The Morgan fingerprint density at radius 2 is 1.19 bits per heavy atom. The third-order valence-corrected chi connectivity index (χ3v) is 3.59. The fourth-order valence-corrected chi connectivity index (χ4v) is 2.36. The first kappa shape index (κ1) is 16.0. The van der Waals surface area contributed by atoms with Crippen molar-refractivity contribution in [3.05, 3.63) is 0 Å². The lowest BCUT2D eigenvalue weighted by atomic mass is 10.1. The number of hydrogen-bond acceptors (Lipinski definition) is 0. The van der Waals surface area contributed by atoms with Gasteiger partial charge in [-0.2, -0.15) is 0 Å². The highest BCUT2D eigenvalue weighted by molar-refractivity contribution is 7.78. The molecule has 0 aliphatic rings. The summed E-state index contributed by atoms with van der Waals surface area (Å²) in [6, 6.07) is 0. The molecule has 0 bridgehead atoms. The Balaban J connectivity index is 2.96. The summed E-state index contributed by atoms with van der Waals surface area (Å²) in [5.74, 6) is 1.08. The Labute approximate surface area is 105 Å². The van der Waals surface area contributed by atoms with Gasteiger partial charge in [-0.1, -0.05) is 58.3 Å². The van der Waals surface area contributed by atoms with Crippen molar-refractivity contribution >= 4 is 16.5 Å². The van der Waals surface area contributed by atoms with E-state index < -0.39 is 0 Å². The first-order chi connectivity index (χ1) is 7.77. The molecule has 16 heavy (non-hydrogen) atoms. The van der Waals surface area contributed by atoms with E-state index >= 15 is 0 Å². The van der Waals surface area contributed by atoms with Gasteiger partial charge in [-0.25, -0.2) is 11.5 Å². The van der Waals surface area contributed by atoms with E-state index in [2.05, 4.69) is 6.92 Å². The third-order valence-electron chi connectivity index (χ3n) is 2.77. The first-order valence-electron chi connectivity index (χ1n) is 6.78. The van der Waals surface area contributed by atoms with Crippen molar-refractivity contribution in [2.75, 3.05) is 5.75 Å². The summed E-state index contributed by atoms with van der Waals surface area (Å²) in [5, 5.41) is 0.510. The highest BCUT2D eigenvalue weighted by atomic mass is 32.1. The molecule has 0 amide bonds. The molecule has 0 radical (unpaired) electrons. The van der Waals surface area contributed by atoms with E-state index in [0.29, 0.717) is 5.11 Å². The van der Waals surface area contributed by atoms with Crippen molar-refractivity contribution in [2.24, 2.45) is 11.5 Å². The highest BCUT2D eigenvalue weighted by Gasteiger charge is 1.98. The predicted molar refractivity (Wildman–Crippen MR) is 77.5 cm³/mol. The molecule has 0 aromatic carbocycles. The number of hydrogen-bond donors (Lipinski definition) is 2. The molecule has 0 saturated carbocycles. The molecule has 0 heterocycles. The van der Waals surface area contributed by atoms with Crippen molar-refractivity contribution in [3.8, 4) is 0 Å². The molecule has 0 aliphatic carbocycles. The summed E-state index contributed by atoms with van der Waals surface area (Å²) >= 11 is 1.58. The Morgan fingerprint density at radius 1 is 0.750 bits per heavy atom. The molecule has 0 rings (SSSR count). The minimum atomic E-state index is 0.510. The van der Waals surface area contributed by atoms with Crippen molar-refractivity contribution in [2.45, 2.75) is 71.1 Å². The van der Waals surface area contributed by atoms with Gasteiger partial charge in [0.25, 0.3) is 0 Å². The zero-order chi connectivity index (χ0) is 12.1. The summed E-state index contributed by atoms with van der Waals surface area (Å²) in [5.41, 5.74) is 10.7. The van der Waals surface area contributed by atoms with E-state index in [9.17, 15) is 0 Å². The lowest BCUT2D eigenvalue weighted by Gasteiger charge is -2.00. The largest absolute Gasteiger partial charge is 0.314 e. The van der Waals surface area contributed by atoms with Gasteiger partial charge in [-0.3, -0.25) is 0 Å². The maximum Gasteiger partial charge on any atom is 0.314 e. The minimum Gasteiger partial charge on any atom is -0.243 e. The van der Waals surface area contributed by atoms with Gasteiger partial charge in [0.15, 0.2) is 5.75 Å². The lowest BCUT2D eigenvalue weighted by Crippen LogP contribution is -2.24. The number of unbranched alkanes of at least 4 members (excludes halogenated alkanes) is 9. The van der Waals surface area contributed by atoms with Crippen LogP contribution in [0.3, 0.4) is 0 Å². The van der Waals surface area contributed by atoms with Crippen LogP contribution in [0.2, 0.25) is 0 Å².